The number of benzene rings is 1. The number of fused-ring (bicyclic) bond motifs is 1. The summed E-state index contributed by atoms with van der Waals surface area (Å²) in [5.41, 5.74) is 4.19. The van der Waals surface area contributed by atoms with Crippen molar-refractivity contribution in [2.45, 2.75) is 19.7 Å². The van der Waals surface area contributed by atoms with E-state index in [4.69, 9.17) is 4.74 Å². The molecule has 0 saturated heterocycles. The molecule has 0 bridgehead atoms. The van der Waals surface area contributed by atoms with Gasteiger partial charge in [-0.15, -0.1) is 0 Å². The van der Waals surface area contributed by atoms with E-state index in [0.717, 1.165) is 19.7 Å². The van der Waals surface area contributed by atoms with Gasteiger partial charge in [0.15, 0.2) is 0 Å². The van der Waals surface area contributed by atoms with E-state index in [1.807, 2.05) is 0 Å². The predicted molar refractivity (Wildman–Crippen MR) is 52.3 cm³/mol. The molecule has 0 radical (unpaired) electrons. The summed E-state index contributed by atoms with van der Waals surface area (Å²) >= 11 is 0. The molecule has 0 N–H and O–H groups in total. The van der Waals surface area contributed by atoms with E-state index < -0.39 is 0 Å². The Kier molecular flexibility index (Phi) is 2.34. The van der Waals surface area contributed by atoms with Gasteiger partial charge in [-0.05, 0) is 23.7 Å². The van der Waals surface area contributed by atoms with Crippen LogP contribution in [0.1, 0.15) is 16.7 Å². The number of methoxy groups -OCH3 is 1. The summed E-state index contributed by atoms with van der Waals surface area (Å²) in [6.45, 7) is 2.88. The molecular weight excluding hydrogens is 162 g/mol. The van der Waals surface area contributed by atoms with Crippen LogP contribution >= 0.6 is 0 Å². The van der Waals surface area contributed by atoms with Crippen LogP contribution in [0.3, 0.4) is 0 Å². The Bertz CT molecular complexity index is 309. The molecule has 0 saturated carbocycles. The molecule has 1 aliphatic heterocycles. The van der Waals surface area contributed by atoms with E-state index in [9.17, 15) is 0 Å². The van der Waals surface area contributed by atoms with Crippen LogP contribution in [0.25, 0.3) is 0 Å². The first-order valence-electron chi connectivity index (χ1n) is 4.58. The van der Waals surface area contributed by atoms with Crippen molar-refractivity contribution in [3.63, 3.8) is 0 Å². The molecule has 1 aromatic rings. The van der Waals surface area contributed by atoms with E-state index >= 15 is 0 Å². The maximum absolute atomic E-state index is 5.10. The second-order valence-electron chi connectivity index (χ2n) is 3.71. The molecular formula is C11H15NO. The lowest BCUT2D eigenvalue weighted by atomic mass is 10.1. The van der Waals surface area contributed by atoms with Gasteiger partial charge in [0.05, 0.1) is 6.61 Å². The van der Waals surface area contributed by atoms with Crippen LogP contribution in [-0.4, -0.2) is 19.1 Å². The molecule has 0 atom stereocenters. The summed E-state index contributed by atoms with van der Waals surface area (Å²) in [6, 6.07) is 6.62. The van der Waals surface area contributed by atoms with Crippen LogP contribution in [0.4, 0.5) is 0 Å². The molecule has 0 spiro atoms. The van der Waals surface area contributed by atoms with Gasteiger partial charge in [-0.2, -0.15) is 0 Å². The van der Waals surface area contributed by atoms with Crippen LogP contribution in [-0.2, 0) is 24.4 Å². The highest BCUT2D eigenvalue weighted by molar-refractivity contribution is 5.34. The average molecular weight is 177 g/mol. The summed E-state index contributed by atoms with van der Waals surface area (Å²) in [5.74, 6) is 0. The van der Waals surface area contributed by atoms with E-state index in [1.165, 1.54) is 16.7 Å². The van der Waals surface area contributed by atoms with Crippen molar-refractivity contribution in [2.75, 3.05) is 14.2 Å². The van der Waals surface area contributed by atoms with E-state index in [2.05, 4.69) is 30.1 Å². The molecule has 0 aliphatic carbocycles. The van der Waals surface area contributed by atoms with Gasteiger partial charge >= 0.3 is 0 Å². The fourth-order valence-corrected chi connectivity index (χ4v) is 1.87. The highest BCUT2D eigenvalue weighted by Crippen LogP contribution is 2.22. The predicted octanol–water partition coefficient (Wildman–Crippen LogP) is 1.78. The first-order valence-corrected chi connectivity index (χ1v) is 4.58. The van der Waals surface area contributed by atoms with Crippen molar-refractivity contribution in [2.24, 2.45) is 0 Å². The lowest BCUT2D eigenvalue weighted by molar-refractivity contribution is 0.185. The zero-order chi connectivity index (χ0) is 9.26. The fourth-order valence-electron chi connectivity index (χ4n) is 1.87. The third kappa shape index (κ3) is 1.74. The summed E-state index contributed by atoms with van der Waals surface area (Å²) in [4.78, 5) is 2.32. The third-order valence-electron chi connectivity index (χ3n) is 2.46. The Morgan fingerprint density at radius 3 is 2.85 bits per heavy atom. The first kappa shape index (κ1) is 8.73. The highest BCUT2D eigenvalue weighted by atomic mass is 16.5. The van der Waals surface area contributed by atoms with Crippen molar-refractivity contribution in [1.82, 2.24) is 4.90 Å². The minimum Gasteiger partial charge on any atom is -0.380 e. The zero-order valence-corrected chi connectivity index (χ0v) is 8.21. The van der Waals surface area contributed by atoms with Crippen LogP contribution in [0, 0.1) is 0 Å². The Balaban J connectivity index is 2.24. The Labute approximate surface area is 79.1 Å². The molecule has 1 aliphatic rings. The molecule has 0 amide bonds. The minimum atomic E-state index is 0.719. The van der Waals surface area contributed by atoms with Crippen LogP contribution in [0.5, 0.6) is 0 Å². The molecule has 0 fully saturated rings. The monoisotopic (exact) mass is 177 g/mol. The Hall–Kier alpha value is -0.860. The van der Waals surface area contributed by atoms with Gasteiger partial charge in [0.1, 0.15) is 0 Å². The molecule has 2 rings (SSSR count). The fraction of sp³-hybridized carbons (Fsp3) is 0.455. The second-order valence-corrected chi connectivity index (χ2v) is 3.71. The quantitative estimate of drug-likeness (QED) is 0.682. The second kappa shape index (κ2) is 3.48. The minimum absolute atomic E-state index is 0.719. The Morgan fingerprint density at radius 1 is 1.31 bits per heavy atom. The summed E-state index contributed by atoms with van der Waals surface area (Å²) in [6.07, 6.45) is 0. The first-order chi connectivity index (χ1) is 6.29. The van der Waals surface area contributed by atoms with Gasteiger partial charge in [-0.3, -0.25) is 4.90 Å². The summed E-state index contributed by atoms with van der Waals surface area (Å²) in [7, 11) is 3.88. The van der Waals surface area contributed by atoms with Crippen molar-refractivity contribution in [3.05, 3.63) is 34.9 Å². The van der Waals surface area contributed by atoms with Crippen LogP contribution in [0.15, 0.2) is 18.2 Å². The molecule has 0 unspecified atom stereocenters. The van der Waals surface area contributed by atoms with E-state index in [0.29, 0.717) is 0 Å². The van der Waals surface area contributed by atoms with Gasteiger partial charge < -0.3 is 4.74 Å². The molecule has 2 heteroatoms. The largest absolute Gasteiger partial charge is 0.380 e. The highest BCUT2D eigenvalue weighted by Gasteiger charge is 2.14. The van der Waals surface area contributed by atoms with Gasteiger partial charge in [0.2, 0.25) is 0 Å². The summed E-state index contributed by atoms with van der Waals surface area (Å²) < 4.78 is 5.10. The number of hydrogen-bond acceptors (Lipinski definition) is 2. The van der Waals surface area contributed by atoms with Crippen molar-refractivity contribution < 1.29 is 4.74 Å². The molecule has 1 aromatic carbocycles. The molecule has 13 heavy (non-hydrogen) atoms. The SMILES string of the molecule is COCc1ccc2c(c1)CN(C)C2. The lowest BCUT2D eigenvalue weighted by Crippen LogP contribution is -2.07. The smallest absolute Gasteiger partial charge is 0.0713 e. The Morgan fingerprint density at radius 2 is 2.08 bits per heavy atom. The van der Waals surface area contributed by atoms with E-state index in [-0.39, 0.29) is 0 Å². The van der Waals surface area contributed by atoms with Crippen molar-refractivity contribution in [1.29, 1.82) is 0 Å². The number of rotatable bonds is 2. The average Bonchev–Trinajstić information content (AvgIpc) is 2.44. The topological polar surface area (TPSA) is 12.5 Å². The van der Waals surface area contributed by atoms with Crippen LogP contribution < -0.4 is 0 Å². The normalized spacial score (nSPS) is 16.2. The third-order valence-corrected chi connectivity index (χ3v) is 2.46. The van der Waals surface area contributed by atoms with Gasteiger partial charge in [-0.25, -0.2) is 0 Å². The van der Waals surface area contributed by atoms with Gasteiger partial charge in [-0.1, -0.05) is 18.2 Å². The molecule has 70 valence electrons. The van der Waals surface area contributed by atoms with Crippen molar-refractivity contribution >= 4 is 0 Å². The van der Waals surface area contributed by atoms with Gasteiger partial charge in [0, 0.05) is 20.2 Å². The molecule has 1 heterocycles. The zero-order valence-electron chi connectivity index (χ0n) is 8.21. The maximum Gasteiger partial charge on any atom is 0.0713 e. The van der Waals surface area contributed by atoms with Crippen LogP contribution in [0.2, 0.25) is 0 Å². The van der Waals surface area contributed by atoms with Crippen molar-refractivity contribution in [3.8, 4) is 0 Å². The number of hydrogen-bond donors (Lipinski definition) is 0. The van der Waals surface area contributed by atoms with Gasteiger partial charge in [0.25, 0.3) is 0 Å². The lowest BCUT2D eigenvalue weighted by Gasteiger charge is -2.03. The number of nitrogens with zero attached hydrogens (tertiary/aromatic N) is 1. The number of ether oxygens (including phenoxy) is 1. The van der Waals surface area contributed by atoms with E-state index in [1.54, 1.807) is 7.11 Å². The summed E-state index contributed by atoms with van der Waals surface area (Å²) in [5, 5.41) is 0. The molecule has 2 nitrogen and oxygen atoms in total. The molecule has 0 aromatic heterocycles. The maximum atomic E-state index is 5.10. The standard InChI is InChI=1S/C11H15NO/c1-12-6-10-4-3-9(8-13-2)5-11(10)7-12/h3-5H,6-8H2,1-2H3.